The first-order valence-corrected chi connectivity index (χ1v) is 9.43. The summed E-state index contributed by atoms with van der Waals surface area (Å²) < 4.78 is 0. The molecular weight excluding hydrogens is 322 g/mol. The van der Waals surface area contributed by atoms with Gasteiger partial charge in [-0.3, -0.25) is 4.79 Å². The molecule has 0 saturated heterocycles. The van der Waals surface area contributed by atoms with Crippen LogP contribution >= 0.6 is 0 Å². The van der Waals surface area contributed by atoms with Gasteiger partial charge in [-0.15, -0.1) is 0 Å². The molecule has 0 heterocycles. The number of benzene rings is 2. The standard InChI is InChI=1S/C23H31NO2/c1-15(2)22(21-14-16(3)6-7-17(21)4)23(26)24-18(5)8-9-19-10-12-20(25)13-11-19/h6-7,10-15,18,22,25H,8-9H2,1-5H3,(H,24,26). The van der Waals surface area contributed by atoms with Gasteiger partial charge >= 0.3 is 0 Å². The summed E-state index contributed by atoms with van der Waals surface area (Å²) in [4.78, 5) is 13.0. The fourth-order valence-electron chi connectivity index (χ4n) is 3.35. The van der Waals surface area contributed by atoms with Gasteiger partial charge in [0.05, 0.1) is 5.92 Å². The molecule has 3 heteroatoms. The highest BCUT2D eigenvalue weighted by atomic mass is 16.3. The number of hydrogen-bond donors (Lipinski definition) is 2. The molecule has 26 heavy (non-hydrogen) atoms. The molecule has 2 atom stereocenters. The van der Waals surface area contributed by atoms with Crippen molar-refractivity contribution in [1.29, 1.82) is 0 Å². The summed E-state index contributed by atoms with van der Waals surface area (Å²) >= 11 is 0. The average Bonchev–Trinajstić information content (AvgIpc) is 2.57. The van der Waals surface area contributed by atoms with Gasteiger partial charge in [0, 0.05) is 6.04 Å². The van der Waals surface area contributed by atoms with Gasteiger partial charge in [-0.2, -0.15) is 0 Å². The van der Waals surface area contributed by atoms with Crippen molar-refractivity contribution in [3.05, 3.63) is 64.7 Å². The summed E-state index contributed by atoms with van der Waals surface area (Å²) in [6.07, 6.45) is 1.74. The average molecular weight is 354 g/mol. The second-order valence-corrected chi connectivity index (χ2v) is 7.70. The first-order valence-electron chi connectivity index (χ1n) is 9.43. The Hall–Kier alpha value is -2.29. The smallest absolute Gasteiger partial charge is 0.228 e. The van der Waals surface area contributed by atoms with Gasteiger partial charge in [0.1, 0.15) is 5.75 Å². The Labute approximate surface area is 157 Å². The Balaban J connectivity index is 2.02. The molecule has 0 radical (unpaired) electrons. The van der Waals surface area contributed by atoms with Crippen molar-refractivity contribution in [2.24, 2.45) is 5.92 Å². The topological polar surface area (TPSA) is 49.3 Å². The van der Waals surface area contributed by atoms with Crippen LogP contribution in [0.25, 0.3) is 0 Å². The maximum Gasteiger partial charge on any atom is 0.228 e. The summed E-state index contributed by atoms with van der Waals surface area (Å²) in [5, 5.41) is 12.6. The third-order valence-electron chi connectivity index (χ3n) is 4.91. The Morgan fingerprint density at radius 1 is 1.04 bits per heavy atom. The van der Waals surface area contributed by atoms with Crippen molar-refractivity contribution >= 4 is 5.91 Å². The minimum absolute atomic E-state index is 0.0997. The van der Waals surface area contributed by atoms with Crippen molar-refractivity contribution in [3.63, 3.8) is 0 Å². The Morgan fingerprint density at radius 2 is 1.69 bits per heavy atom. The van der Waals surface area contributed by atoms with Crippen LogP contribution in [0.3, 0.4) is 0 Å². The molecule has 0 bridgehead atoms. The summed E-state index contributed by atoms with van der Waals surface area (Å²) in [5.74, 6) is 0.487. The lowest BCUT2D eigenvalue weighted by Gasteiger charge is -2.25. The summed E-state index contributed by atoms with van der Waals surface area (Å²) in [5.41, 5.74) is 4.65. The zero-order chi connectivity index (χ0) is 19.3. The van der Waals surface area contributed by atoms with E-state index in [0.717, 1.165) is 18.4 Å². The van der Waals surface area contributed by atoms with Gasteiger partial charge in [-0.05, 0) is 68.4 Å². The maximum atomic E-state index is 13.0. The van der Waals surface area contributed by atoms with Crippen LogP contribution in [0, 0.1) is 19.8 Å². The molecule has 0 aliphatic heterocycles. The number of aromatic hydroxyl groups is 1. The molecule has 0 aliphatic rings. The third kappa shape index (κ3) is 5.35. The number of rotatable bonds is 7. The summed E-state index contributed by atoms with van der Waals surface area (Å²) in [7, 11) is 0. The molecule has 2 unspecified atom stereocenters. The van der Waals surface area contributed by atoms with E-state index in [9.17, 15) is 9.90 Å². The highest BCUT2D eigenvalue weighted by Gasteiger charge is 2.26. The molecule has 3 nitrogen and oxygen atoms in total. The number of carbonyl (C=O) groups is 1. The molecule has 2 rings (SSSR count). The molecule has 140 valence electrons. The lowest BCUT2D eigenvalue weighted by atomic mass is 9.84. The van der Waals surface area contributed by atoms with Crippen LogP contribution in [0.1, 0.15) is 55.4 Å². The summed E-state index contributed by atoms with van der Waals surface area (Å²) in [6.45, 7) is 10.4. The second-order valence-electron chi connectivity index (χ2n) is 7.70. The van der Waals surface area contributed by atoms with Crippen molar-refractivity contribution in [2.75, 3.05) is 0 Å². The lowest BCUT2D eigenvalue weighted by Crippen LogP contribution is -2.38. The quantitative estimate of drug-likeness (QED) is 0.745. The van der Waals surface area contributed by atoms with Crippen LogP contribution < -0.4 is 5.32 Å². The van der Waals surface area contributed by atoms with Crippen LogP contribution in [0.5, 0.6) is 5.75 Å². The van der Waals surface area contributed by atoms with Crippen molar-refractivity contribution < 1.29 is 9.90 Å². The molecule has 0 spiro atoms. The van der Waals surface area contributed by atoms with Crippen molar-refractivity contribution in [3.8, 4) is 5.75 Å². The lowest BCUT2D eigenvalue weighted by molar-refractivity contribution is -0.124. The van der Waals surface area contributed by atoms with Crippen LogP contribution in [0.2, 0.25) is 0 Å². The van der Waals surface area contributed by atoms with E-state index in [0.29, 0.717) is 0 Å². The van der Waals surface area contributed by atoms with Gasteiger partial charge in [-0.25, -0.2) is 0 Å². The van der Waals surface area contributed by atoms with Crippen LogP contribution in [-0.2, 0) is 11.2 Å². The predicted molar refractivity (Wildman–Crippen MR) is 108 cm³/mol. The van der Waals surface area contributed by atoms with Gasteiger partial charge in [0.15, 0.2) is 0 Å². The number of phenols is 1. The largest absolute Gasteiger partial charge is 0.508 e. The van der Waals surface area contributed by atoms with Crippen molar-refractivity contribution in [1.82, 2.24) is 5.32 Å². The SMILES string of the molecule is Cc1ccc(C)c(C(C(=O)NC(C)CCc2ccc(O)cc2)C(C)C)c1. The molecule has 2 N–H and O–H groups in total. The number of amides is 1. The number of carbonyl (C=O) groups excluding carboxylic acids is 1. The third-order valence-corrected chi connectivity index (χ3v) is 4.91. The molecule has 2 aromatic rings. The molecule has 1 amide bonds. The van der Waals surface area contributed by atoms with Crippen LogP contribution in [0.4, 0.5) is 0 Å². The Morgan fingerprint density at radius 3 is 2.31 bits per heavy atom. The fourth-order valence-corrected chi connectivity index (χ4v) is 3.35. The monoisotopic (exact) mass is 353 g/mol. The highest BCUT2D eigenvalue weighted by Crippen LogP contribution is 2.28. The van der Waals surface area contributed by atoms with E-state index in [-0.39, 0.29) is 29.5 Å². The first-order chi connectivity index (χ1) is 12.3. The zero-order valence-corrected chi connectivity index (χ0v) is 16.5. The van der Waals surface area contributed by atoms with E-state index < -0.39 is 0 Å². The van der Waals surface area contributed by atoms with Gasteiger partial charge in [-0.1, -0.05) is 49.7 Å². The molecular formula is C23H31NO2. The highest BCUT2D eigenvalue weighted by molar-refractivity contribution is 5.84. The number of hydrogen-bond acceptors (Lipinski definition) is 2. The Bertz CT molecular complexity index is 734. The molecule has 0 fully saturated rings. The molecule has 2 aromatic carbocycles. The van der Waals surface area contributed by atoms with Gasteiger partial charge in [0.2, 0.25) is 5.91 Å². The first kappa shape index (κ1) is 20.0. The molecule has 0 aromatic heterocycles. The number of phenolic OH excluding ortho intramolecular Hbond substituents is 1. The van der Waals surface area contributed by atoms with E-state index in [1.165, 1.54) is 16.7 Å². The maximum absolute atomic E-state index is 13.0. The summed E-state index contributed by atoms with van der Waals surface area (Å²) in [6, 6.07) is 13.7. The molecule has 0 aliphatic carbocycles. The van der Waals surface area contributed by atoms with E-state index in [4.69, 9.17) is 0 Å². The second kappa shape index (κ2) is 8.88. The zero-order valence-electron chi connectivity index (χ0n) is 16.5. The van der Waals surface area contributed by atoms with Crippen LogP contribution in [-0.4, -0.2) is 17.1 Å². The predicted octanol–water partition coefficient (Wildman–Crippen LogP) is 4.89. The van der Waals surface area contributed by atoms with Gasteiger partial charge < -0.3 is 10.4 Å². The van der Waals surface area contributed by atoms with Crippen LogP contribution in [0.15, 0.2) is 42.5 Å². The van der Waals surface area contributed by atoms with Gasteiger partial charge in [0.25, 0.3) is 0 Å². The fraction of sp³-hybridized carbons (Fsp3) is 0.435. The van der Waals surface area contributed by atoms with E-state index in [1.54, 1.807) is 12.1 Å². The van der Waals surface area contributed by atoms with Crippen molar-refractivity contribution in [2.45, 2.75) is 59.4 Å². The van der Waals surface area contributed by atoms with E-state index in [1.807, 2.05) is 12.1 Å². The van der Waals surface area contributed by atoms with E-state index in [2.05, 4.69) is 58.1 Å². The number of aryl methyl sites for hydroxylation is 3. The van der Waals surface area contributed by atoms with E-state index >= 15 is 0 Å². The normalized spacial score (nSPS) is 13.5. The Kier molecular flexibility index (Phi) is 6.84. The number of nitrogens with one attached hydrogen (secondary N) is 1. The molecule has 0 saturated carbocycles. The minimum atomic E-state index is -0.133. The minimum Gasteiger partial charge on any atom is -0.508 e.